The van der Waals surface area contributed by atoms with Crippen molar-refractivity contribution in [1.29, 1.82) is 0 Å². The Kier molecular flexibility index (Phi) is 5.17. The first kappa shape index (κ1) is 14.7. The Hall–Kier alpha value is -0.670. The van der Waals surface area contributed by atoms with E-state index >= 15 is 0 Å². The van der Waals surface area contributed by atoms with Gasteiger partial charge in [0.25, 0.3) is 0 Å². The topological polar surface area (TPSA) is 29.3 Å². The third-order valence-corrected chi connectivity index (χ3v) is 5.30. The van der Waals surface area contributed by atoms with Gasteiger partial charge in [-0.3, -0.25) is 0 Å². The third kappa shape index (κ3) is 3.09. The average molecular weight is 278 g/mol. The van der Waals surface area contributed by atoms with Crippen LogP contribution in [0.2, 0.25) is 0 Å². The lowest BCUT2D eigenvalue weighted by molar-refractivity contribution is 0.321. The van der Waals surface area contributed by atoms with Gasteiger partial charge in [0.15, 0.2) is 0 Å². The van der Waals surface area contributed by atoms with Crippen molar-refractivity contribution < 1.29 is 0 Å². The van der Waals surface area contributed by atoms with Gasteiger partial charge in [-0.15, -0.1) is 11.8 Å². The molecule has 0 aliphatic heterocycles. The molecule has 2 N–H and O–H groups in total. The fourth-order valence-electron chi connectivity index (χ4n) is 3.33. The van der Waals surface area contributed by atoms with E-state index in [9.17, 15) is 0 Å². The van der Waals surface area contributed by atoms with Crippen molar-refractivity contribution in [3.05, 3.63) is 23.8 Å². The van der Waals surface area contributed by atoms with Gasteiger partial charge < -0.3 is 10.6 Å². The summed E-state index contributed by atoms with van der Waals surface area (Å²) in [5.41, 5.74) is 8.62. The van der Waals surface area contributed by atoms with E-state index in [0.717, 1.165) is 5.92 Å². The quantitative estimate of drug-likeness (QED) is 0.847. The van der Waals surface area contributed by atoms with Crippen LogP contribution in [0.4, 0.5) is 5.69 Å². The first-order valence-electron chi connectivity index (χ1n) is 7.27. The molecular formula is C16H26N2S. The van der Waals surface area contributed by atoms with Crippen LogP contribution in [-0.4, -0.2) is 19.3 Å². The molecule has 1 saturated carbocycles. The fraction of sp³-hybridized carbons (Fsp3) is 0.625. The van der Waals surface area contributed by atoms with Crippen molar-refractivity contribution in [1.82, 2.24) is 0 Å². The molecule has 2 unspecified atom stereocenters. The SMILES string of the molecule is CSc1cccc(N(C)C2CCCCC2C)c1CN. The molecule has 19 heavy (non-hydrogen) atoms. The molecule has 0 heterocycles. The molecule has 1 aromatic rings. The van der Waals surface area contributed by atoms with E-state index in [1.165, 1.54) is 41.8 Å². The zero-order valence-electron chi connectivity index (χ0n) is 12.4. The lowest BCUT2D eigenvalue weighted by Crippen LogP contribution is -2.39. The fourth-order valence-corrected chi connectivity index (χ4v) is 3.98. The molecule has 1 fully saturated rings. The van der Waals surface area contributed by atoms with Gasteiger partial charge >= 0.3 is 0 Å². The number of anilines is 1. The Labute approximate surface area is 121 Å². The van der Waals surface area contributed by atoms with E-state index in [1.54, 1.807) is 11.8 Å². The normalized spacial score (nSPS) is 23.4. The smallest absolute Gasteiger partial charge is 0.0423 e. The summed E-state index contributed by atoms with van der Waals surface area (Å²) in [6.07, 6.45) is 7.54. The van der Waals surface area contributed by atoms with Crippen LogP contribution in [0.5, 0.6) is 0 Å². The first-order valence-corrected chi connectivity index (χ1v) is 8.50. The summed E-state index contributed by atoms with van der Waals surface area (Å²) in [7, 11) is 2.24. The maximum absolute atomic E-state index is 5.99. The zero-order valence-corrected chi connectivity index (χ0v) is 13.2. The highest BCUT2D eigenvalue weighted by Gasteiger charge is 2.26. The molecule has 2 rings (SSSR count). The number of nitrogens with two attached hydrogens (primary N) is 1. The summed E-state index contributed by atoms with van der Waals surface area (Å²) < 4.78 is 0. The minimum absolute atomic E-state index is 0.623. The maximum Gasteiger partial charge on any atom is 0.0423 e. The zero-order chi connectivity index (χ0) is 13.8. The molecule has 0 radical (unpaired) electrons. The molecule has 1 aliphatic carbocycles. The van der Waals surface area contributed by atoms with Crippen molar-refractivity contribution >= 4 is 17.4 Å². The summed E-state index contributed by atoms with van der Waals surface area (Å²) in [4.78, 5) is 3.79. The minimum atomic E-state index is 0.623. The highest BCUT2D eigenvalue weighted by Crippen LogP contribution is 2.34. The van der Waals surface area contributed by atoms with E-state index in [2.05, 4.69) is 43.3 Å². The molecule has 2 atom stereocenters. The Morgan fingerprint density at radius 1 is 1.32 bits per heavy atom. The van der Waals surface area contributed by atoms with Crippen LogP contribution < -0.4 is 10.6 Å². The summed E-state index contributed by atoms with van der Waals surface area (Å²) in [5.74, 6) is 0.780. The number of hydrogen-bond donors (Lipinski definition) is 1. The minimum Gasteiger partial charge on any atom is -0.371 e. The largest absolute Gasteiger partial charge is 0.371 e. The predicted molar refractivity (Wildman–Crippen MR) is 85.9 cm³/mol. The lowest BCUT2D eigenvalue weighted by Gasteiger charge is -2.38. The van der Waals surface area contributed by atoms with Gasteiger partial charge in [0.2, 0.25) is 0 Å². The first-order chi connectivity index (χ1) is 9.19. The molecule has 0 saturated heterocycles. The molecule has 1 aliphatic rings. The van der Waals surface area contributed by atoms with Gasteiger partial charge in [0.05, 0.1) is 0 Å². The van der Waals surface area contributed by atoms with Crippen LogP contribution in [-0.2, 0) is 6.54 Å². The molecule has 0 bridgehead atoms. The van der Waals surface area contributed by atoms with Crippen LogP contribution in [0.1, 0.15) is 38.2 Å². The molecule has 1 aromatic carbocycles. The van der Waals surface area contributed by atoms with E-state index in [4.69, 9.17) is 5.73 Å². The predicted octanol–water partition coefficient (Wildman–Crippen LogP) is 3.88. The molecule has 0 spiro atoms. The molecule has 3 heteroatoms. The van der Waals surface area contributed by atoms with E-state index < -0.39 is 0 Å². The summed E-state index contributed by atoms with van der Waals surface area (Å²) >= 11 is 1.79. The second-order valence-corrected chi connectivity index (χ2v) is 6.45. The van der Waals surface area contributed by atoms with E-state index in [0.29, 0.717) is 12.6 Å². The molecule has 0 aromatic heterocycles. The Morgan fingerprint density at radius 3 is 2.68 bits per heavy atom. The number of rotatable bonds is 4. The number of hydrogen-bond acceptors (Lipinski definition) is 3. The maximum atomic E-state index is 5.99. The summed E-state index contributed by atoms with van der Waals surface area (Å²) in [6.45, 7) is 3.01. The Bertz CT molecular complexity index is 419. The van der Waals surface area contributed by atoms with Crippen LogP contribution in [0.3, 0.4) is 0 Å². The van der Waals surface area contributed by atoms with Gasteiger partial charge in [-0.2, -0.15) is 0 Å². The number of nitrogens with zero attached hydrogens (tertiary/aromatic N) is 1. The van der Waals surface area contributed by atoms with Gasteiger partial charge in [-0.05, 0) is 37.1 Å². The van der Waals surface area contributed by atoms with Crippen molar-refractivity contribution in [2.75, 3.05) is 18.2 Å². The van der Waals surface area contributed by atoms with E-state index in [-0.39, 0.29) is 0 Å². The van der Waals surface area contributed by atoms with Gasteiger partial charge in [0.1, 0.15) is 0 Å². The summed E-state index contributed by atoms with van der Waals surface area (Å²) in [5, 5.41) is 0. The number of thioether (sulfide) groups is 1. The van der Waals surface area contributed by atoms with Gasteiger partial charge in [-0.25, -0.2) is 0 Å². The van der Waals surface area contributed by atoms with Crippen LogP contribution >= 0.6 is 11.8 Å². The molecular weight excluding hydrogens is 252 g/mol. The summed E-state index contributed by atoms with van der Waals surface area (Å²) in [6, 6.07) is 7.22. The Balaban J connectivity index is 2.29. The van der Waals surface area contributed by atoms with Crippen molar-refractivity contribution in [2.24, 2.45) is 11.7 Å². The molecule has 0 amide bonds. The monoisotopic (exact) mass is 278 g/mol. The number of benzene rings is 1. The standard InChI is InChI=1S/C16H26N2S/c1-12-7-4-5-8-14(12)18(2)15-9-6-10-16(19-3)13(15)11-17/h6,9-10,12,14H,4-5,7-8,11,17H2,1-3H3. The third-order valence-electron chi connectivity index (χ3n) is 4.48. The molecule has 106 valence electrons. The lowest BCUT2D eigenvalue weighted by atomic mass is 9.84. The Morgan fingerprint density at radius 2 is 2.05 bits per heavy atom. The van der Waals surface area contributed by atoms with Crippen LogP contribution in [0, 0.1) is 5.92 Å². The van der Waals surface area contributed by atoms with Crippen molar-refractivity contribution in [3.8, 4) is 0 Å². The second kappa shape index (κ2) is 6.67. The highest BCUT2D eigenvalue weighted by molar-refractivity contribution is 7.98. The molecule has 2 nitrogen and oxygen atoms in total. The van der Waals surface area contributed by atoms with E-state index in [1.807, 2.05) is 0 Å². The second-order valence-electron chi connectivity index (χ2n) is 5.60. The van der Waals surface area contributed by atoms with Gasteiger partial charge in [-0.1, -0.05) is 25.8 Å². The van der Waals surface area contributed by atoms with Crippen molar-refractivity contribution in [2.45, 2.75) is 50.1 Å². The average Bonchev–Trinajstić information content (AvgIpc) is 2.46. The highest BCUT2D eigenvalue weighted by atomic mass is 32.2. The van der Waals surface area contributed by atoms with Crippen molar-refractivity contribution in [3.63, 3.8) is 0 Å². The van der Waals surface area contributed by atoms with Gasteiger partial charge in [0, 0.05) is 35.8 Å². The van der Waals surface area contributed by atoms with Crippen LogP contribution in [0.15, 0.2) is 23.1 Å². The van der Waals surface area contributed by atoms with Crippen LogP contribution in [0.25, 0.3) is 0 Å².